The minimum Gasteiger partial charge on any atom is -0.495 e. The lowest BCUT2D eigenvalue weighted by atomic mass is 9.92. The van der Waals surface area contributed by atoms with Gasteiger partial charge in [0.15, 0.2) is 5.13 Å². The number of methoxy groups -OCH3 is 1. The highest BCUT2D eigenvalue weighted by molar-refractivity contribution is 7.14. The Hall–Kier alpha value is -2.61. The molecule has 3 aromatic rings. The Morgan fingerprint density at radius 1 is 1.19 bits per heavy atom. The number of hydrogen-bond donors (Lipinski definition) is 2. The van der Waals surface area contributed by atoms with E-state index < -0.39 is 0 Å². The first-order valence-corrected chi connectivity index (χ1v) is 11.9. The van der Waals surface area contributed by atoms with Crippen molar-refractivity contribution in [2.45, 2.75) is 44.4 Å². The summed E-state index contributed by atoms with van der Waals surface area (Å²) in [6.07, 6.45) is 4.03. The van der Waals surface area contributed by atoms with Crippen molar-refractivity contribution in [1.82, 2.24) is 10.3 Å². The van der Waals surface area contributed by atoms with Gasteiger partial charge >= 0.3 is 0 Å². The second kappa shape index (κ2) is 10.8. The molecule has 168 valence electrons. The van der Waals surface area contributed by atoms with E-state index in [-0.39, 0.29) is 18.1 Å². The predicted octanol–water partition coefficient (Wildman–Crippen LogP) is 5.81. The van der Waals surface area contributed by atoms with Gasteiger partial charge in [-0.1, -0.05) is 54.8 Å². The van der Waals surface area contributed by atoms with Crippen LogP contribution in [-0.2, 0) is 11.3 Å². The molecular weight excluding hydrogens is 446 g/mol. The maximum absolute atomic E-state index is 12.9. The van der Waals surface area contributed by atoms with E-state index in [2.05, 4.69) is 27.8 Å². The minimum absolute atomic E-state index is 0.000131. The Morgan fingerprint density at radius 2 is 2.00 bits per heavy atom. The lowest BCUT2D eigenvalue weighted by molar-refractivity contribution is -0.00465. The number of hydrogen-bond acceptors (Lipinski definition) is 6. The Balaban J connectivity index is 1.38. The van der Waals surface area contributed by atoms with Crippen molar-refractivity contribution in [3.8, 4) is 5.75 Å². The Morgan fingerprint density at radius 3 is 2.81 bits per heavy atom. The summed E-state index contributed by atoms with van der Waals surface area (Å²) in [5, 5.41) is 9.25. The van der Waals surface area contributed by atoms with Gasteiger partial charge in [-0.05, 0) is 36.6 Å². The molecule has 0 radical (unpaired) electrons. The molecule has 4 rings (SSSR count). The first kappa shape index (κ1) is 22.6. The second-order valence-electron chi connectivity index (χ2n) is 7.71. The number of carbonyl (C=O) groups excluding carboxylic acids is 1. The summed E-state index contributed by atoms with van der Waals surface area (Å²) < 4.78 is 11.5. The molecule has 8 heteroatoms. The van der Waals surface area contributed by atoms with Crippen LogP contribution in [0.25, 0.3) is 0 Å². The monoisotopic (exact) mass is 471 g/mol. The normalized spacial score (nSPS) is 18.2. The van der Waals surface area contributed by atoms with Crippen LogP contribution in [0.15, 0.2) is 53.9 Å². The van der Waals surface area contributed by atoms with Gasteiger partial charge in [-0.15, -0.1) is 11.3 Å². The molecule has 0 unspecified atom stereocenters. The van der Waals surface area contributed by atoms with Crippen LogP contribution in [0.2, 0.25) is 5.02 Å². The fraction of sp³-hybridized carbons (Fsp3) is 0.333. The van der Waals surface area contributed by atoms with Crippen LogP contribution in [0, 0.1) is 0 Å². The van der Waals surface area contributed by atoms with E-state index in [4.69, 9.17) is 21.1 Å². The first-order valence-electron chi connectivity index (χ1n) is 10.6. The molecule has 1 fully saturated rings. The fourth-order valence-corrected chi connectivity index (χ4v) is 4.68. The standard InChI is InChI=1S/C24H26ClN3O3S/c1-30-21-12-11-17(25)13-19(21)27-24-28-20(15-32-24)23(29)26-18-9-5-6-10-22(18)31-14-16-7-3-2-4-8-16/h2-4,7-8,11-13,15,18,22H,5-6,9-10,14H2,1H3,(H,26,29)(H,27,28)/t18-,22-/m0/s1. The molecule has 2 N–H and O–H groups in total. The van der Waals surface area contributed by atoms with E-state index in [1.165, 1.54) is 11.3 Å². The van der Waals surface area contributed by atoms with E-state index in [1.807, 2.05) is 18.2 Å². The third-order valence-electron chi connectivity index (χ3n) is 5.47. The van der Waals surface area contributed by atoms with Gasteiger partial charge in [-0.25, -0.2) is 4.98 Å². The molecule has 1 amide bonds. The second-order valence-corrected chi connectivity index (χ2v) is 9.00. The number of thiazole rings is 1. The van der Waals surface area contributed by atoms with Crippen molar-refractivity contribution in [3.05, 3.63) is 70.2 Å². The minimum atomic E-state index is -0.187. The van der Waals surface area contributed by atoms with Crippen molar-refractivity contribution >= 4 is 39.7 Å². The largest absolute Gasteiger partial charge is 0.495 e. The molecule has 6 nitrogen and oxygen atoms in total. The zero-order chi connectivity index (χ0) is 22.3. The summed E-state index contributed by atoms with van der Waals surface area (Å²) in [5.41, 5.74) is 2.21. The van der Waals surface area contributed by atoms with Crippen LogP contribution in [0.4, 0.5) is 10.8 Å². The van der Waals surface area contributed by atoms with Crippen molar-refractivity contribution in [2.24, 2.45) is 0 Å². The van der Waals surface area contributed by atoms with Gasteiger partial charge in [0.1, 0.15) is 11.4 Å². The zero-order valence-electron chi connectivity index (χ0n) is 17.8. The van der Waals surface area contributed by atoms with Gasteiger partial charge in [0.25, 0.3) is 5.91 Å². The van der Waals surface area contributed by atoms with Gasteiger partial charge in [0.05, 0.1) is 31.5 Å². The number of carbonyl (C=O) groups is 1. The number of nitrogens with one attached hydrogen (secondary N) is 2. The molecule has 1 saturated carbocycles. The number of rotatable bonds is 8. The highest BCUT2D eigenvalue weighted by Crippen LogP contribution is 2.31. The predicted molar refractivity (Wildman–Crippen MR) is 128 cm³/mol. The Bertz CT molecular complexity index is 1040. The van der Waals surface area contributed by atoms with Gasteiger partial charge in [0, 0.05) is 10.4 Å². The molecule has 0 spiro atoms. The Labute approximate surface area is 196 Å². The highest BCUT2D eigenvalue weighted by Gasteiger charge is 2.28. The van der Waals surface area contributed by atoms with Gasteiger partial charge in [-0.2, -0.15) is 0 Å². The van der Waals surface area contributed by atoms with Crippen LogP contribution in [-0.4, -0.2) is 30.1 Å². The third-order valence-corrected chi connectivity index (χ3v) is 6.46. The molecule has 1 aliphatic rings. The molecular formula is C24H26ClN3O3S. The smallest absolute Gasteiger partial charge is 0.271 e. The quantitative estimate of drug-likeness (QED) is 0.434. The molecule has 1 heterocycles. The molecule has 2 atom stereocenters. The SMILES string of the molecule is COc1ccc(Cl)cc1Nc1nc(C(=O)N[C@H]2CCCC[C@@H]2OCc2ccccc2)cs1. The average molecular weight is 472 g/mol. The van der Waals surface area contributed by atoms with Crippen LogP contribution >= 0.6 is 22.9 Å². The maximum atomic E-state index is 12.9. The third kappa shape index (κ3) is 5.79. The summed E-state index contributed by atoms with van der Waals surface area (Å²) >= 11 is 7.45. The number of benzene rings is 2. The zero-order valence-corrected chi connectivity index (χ0v) is 19.4. The number of nitrogens with zero attached hydrogens (tertiary/aromatic N) is 1. The molecule has 2 aromatic carbocycles. The molecule has 0 aliphatic heterocycles. The van der Waals surface area contributed by atoms with Gasteiger partial charge in [-0.3, -0.25) is 4.79 Å². The summed E-state index contributed by atoms with van der Waals surface area (Å²) in [6, 6.07) is 15.4. The van der Waals surface area contributed by atoms with E-state index in [0.717, 1.165) is 31.2 Å². The van der Waals surface area contributed by atoms with E-state index in [9.17, 15) is 4.79 Å². The molecule has 1 aromatic heterocycles. The van der Waals surface area contributed by atoms with Crippen LogP contribution in [0.5, 0.6) is 5.75 Å². The van der Waals surface area contributed by atoms with Crippen LogP contribution in [0.1, 0.15) is 41.7 Å². The summed E-state index contributed by atoms with van der Waals surface area (Å²) in [4.78, 5) is 17.3. The van der Waals surface area contributed by atoms with E-state index >= 15 is 0 Å². The lowest BCUT2D eigenvalue weighted by Crippen LogP contribution is -2.46. The number of anilines is 2. The Kier molecular flexibility index (Phi) is 7.63. The fourth-order valence-electron chi connectivity index (χ4n) is 3.81. The van der Waals surface area contributed by atoms with Crippen molar-refractivity contribution in [3.63, 3.8) is 0 Å². The van der Waals surface area contributed by atoms with E-state index in [0.29, 0.717) is 33.9 Å². The first-order chi connectivity index (χ1) is 15.6. The molecule has 1 aliphatic carbocycles. The van der Waals surface area contributed by atoms with Crippen molar-refractivity contribution in [2.75, 3.05) is 12.4 Å². The van der Waals surface area contributed by atoms with Crippen LogP contribution in [0.3, 0.4) is 0 Å². The number of ether oxygens (including phenoxy) is 2. The molecule has 0 saturated heterocycles. The summed E-state index contributed by atoms with van der Waals surface area (Å²) in [6.45, 7) is 0.546. The van der Waals surface area contributed by atoms with Crippen LogP contribution < -0.4 is 15.4 Å². The maximum Gasteiger partial charge on any atom is 0.271 e. The molecule has 0 bridgehead atoms. The molecule has 32 heavy (non-hydrogen) atoms. The van der Waals surface area contributed by atoms with Gasteiger partial charge < -0.3 is 20.1 Å². The average Bonchev–Trinajstić information content (AvgIpc) is 3.28. The highest BCUT2D eigenvalue weighted by atomic mass is 35.5. The van der Waals surface area contributed by atoms with Gasteiger partial charge in [0.2, 0.25) is 0 Å². The van der Waals surface area contributed by atoms with E-state index in [1.54, 1.807) is 30.7 Å². The number of amides is 1. The summed E-state index contributed by atoms with van der Waals surface area (Å²) in [5.74, 6) is 0.462. The topological polar surface area (TPSA) is 72.5 Å². The van der Waals surface area contributed by atoms with Crippen molar-refractivity contribution < 1.29 is 14.3 Å². The van der Waals surface area contributed by atoms with Crippen molar-refractivity contribution in [1.29, 1.82) is 0 Å². The number of halogens is 1. The number of aromatic nitrogens is 1. The lowest BCUT2D eigenvalue weighted by Gasteiger charge is -2.32. The summed E-state index contributed by atoms with van der Waals surface area (Å²) in [7, 11) is 1.59.